The summed E-state index contributed by atoms with van der Waals surface area (Å²) in [7, 11) is 0. The number of carbonyl (C=O) groups is 1. The molecule has 0 aliphatic heterocycles. The normalized spacial score (nSPS) is 10.1. The number of hydrogen-bond donors (Lipinski definition) is 2. The quantitative estimate of drug-likeness (QED) is 0.838. The summed E-state index contributed by atoms with van der Waals surface area (Å²) in [5.41, 5.74) is 1.89. The second-order valence-corrected chi connectivity index (χ2v) is 4.49. The Hall–Kier alpha value is -2.07. The fourth-order valence-corrected chi connectivity index (χ4v) is 1.84. The Bertz CT molecular complexity index is 616. The number of halogens is 2. The van der Waals surface area contributed by atoms with Crippen LogP contribution in [0, 0.1) is 12.7 Å². The lowest BCUT2D eigenvalue weighted by atomic mass is 10.2. The molecule has 0 spiro atoms. The van der Waals surface area contributed by atoms with Gasteiger partial charge in [-0.1, -0.05) is 17.7 Å². The SMILES string of the molecule is Cc1cc(Cl)ccc1NC(=O)Nc1cccc(F)c1. The molecule has 2 aromatic rings. The Kier molecular flexibility index (Phi) is 4.02. The molecule has 98 valence electrons. The molecular weight excluding hydrogens is 267 g/mol. The van der Waals surface area contributed by atoms with Crippen LogP contribution in [-0.2, 0) is 0 Å². The molecule has 0 aliphatic carbocycles. The lowest BCUT2D eigenvalue weighted by molar-refractivity contribution is 0.262. The van der Waals surface area contributed by atoms with Crippen LogP contribution >= 0.6 is 11.6 Å². The molecule has 0 saturated heterocycles. The average molecular weight is 279 g/mol. The molecule has 3 nitrogen and oxygen atoms in total. The number of carbonyl (C=O) groups excluding carboxylic acids is 1. The molecule has 5 heteroatoms. The van der Waals surface area contributed by atoms with Gasteiger partial charge in [0.15, 0.2) is 0 Å². The van der Waals surface area contributed by atoms with Crippen LogP contribution < -0.4 is 10.6 Å². The first-order chi connectivity index (χ1) is 9.04. The second-order valence-electron chi connectivity index (χ2n) is 4.05. The maximum Gasteiger partial charge on any atom is 0.323 e. The van der Waals surface area contributed by atoms with E-state index >= 15 is 0 Å². The van der Waals surface area contributed by atoms with E-state index in [-0.39, 0.29) is 0 Å². The van der Waals surface area contributed by atoms with E-state index in [0.29, 0.717) is 16.4 Å². The fraction of sp³-hybridized carbons (Fsp3) is 0.0714. The standard InChI is InChI=1S/C14H12ClFN2O/c1-9-7-10(15)5-6-13(9)18-14(19)17-12-4-2-3-11(16)8-12/h2-8H,1H3,(H2,17,18,19). The molecule has 0 aliphatic rings. The van der Waals surface area contributed by atoms with Crippen molar-refractivity contribution in [3.8, 4) is 0 Å². The smallest absolute Gasteiger partial charge is 0.308 e. The highest BCUT2D eigenvalue weighted by molar-refractivity contribution is 6.30. The van der Waals surface area contributed by atoms with Gasteiger partial charge in [-0.2, -0.15) is 0 Å². The van der Waals surface area contributed by atoms with E-state index < -0.39 is 11.8 Å². The summed E-state index contributed by atoms with van der Waals surface area (Å²) in [5.74, 6) is -0.402. The first-order valence-electron chi connectivity index (χ1n) is 5.64. The first-order valence-corrected chi connectivity index (χ1v) is 6.02. The predicted molar refractivity (Wildman–Crippen MR) is 75.2 cm³/mol. The first kappa shape index (κ1) is 13.4. The summed E-state index contributed by atoms with van der Waals surface area (Å²) in [6, 6.07) is 10.4. The summed E-state index contributed by atoms with van der Waals surface area (Å²) in [6.07, 6.45) is 0. The average Bonchev–Trinajstić information content (AvgIpc) is 2.33. The molecule has 0 radical (unpaired) electrons. The highest BCUT2D eigenvalue weighted by Gasteiger charge is 2.05. The van der Waals surface area contributed by atoms with E-state index in [1.54, 1.807) is 24.3 Å². The summed E-state index contributed by atoms with van der Waals surface area (Å²) < 4.78 is 13.0. The Morgan fingerprint density at radius 2 is 1.95 bits per heavy atom. The Labute approximate surface area is 115 Å². The van der Waals surface area contributed by atoms with Crippen molar-refractivity contribution in [2.24, 2.45) is 0 Å². The van der Waals surface area contributed by atoms with Gasteiger partial charge in [-0.05, 0) is 48.9 Å². The monoisotopic (exact) mass is 278 g/mol. The highest BCUT2D eigenvalue weighted by Crippen LogP contribution is 2.20. The van der Waals surface area contributed by atoms with Crippen molar-refractivity contribution in [1.82, 2.24) is 0 Å². The highest BCUT2D eigenvalue weighted by atomic mass is 35.5. The molecule has 19 heavy (non-hydrogen) atoms. The Balaban J connectivity index is 2.05. The third kappa shape index (κ3) is 3.69. The summed E-state index contributed by atoms with van der Waals surface area (Å²) in [4.78, 5) is 11.8. The molecule has 0 fully saturated rings. The fourth-order valence-electron chi connectivity index (χ4n) is 1.62. The molecule has 2 aromatic carbocycles. The number of anilines is 2. The topological polar surface area (TPSA) is 41.1 Å². The third-order valence-corrected chi connectivity index (χ3v) is 2.75. The van der Waals surface area contributed by atoms with Gasteiger partial charge in [0, 0.05) is 16.4 Å². The molecule has 0 unspecified atom stereocenters. The minimum absolute atomic E-state index is 0.393. The number of benzene rings is 2. The number of amides is 2. The molecule has 2 amide bonds. The van der Waals surface area contributed by atoms with Gasteiger partial charge >= 0.3 is 6.03 Å². The van der Waals surface area contributed by atoms with Crippen molar-refractivity contribution >= 4 is 29.0 Å². The number of rotatable bonds is 2. The van der Waals surface area contributed by atoms with Crippen LogP contribution in [0.15, 0.2) is 42.5 Å². The van der Waals surface area contributed by atoms with E-state index in [9.17, 15) is 9.18 Å². The van der Waals surface area contributed by atoms with Crippen LogP contribution in [0.5, 0.6) is 0 Å². The van der Waals surface area contributed by atoms with Crippen molar-refractivity contribution in [1.29, 1.82) is 0 Å². The maximum atomic E-state index is 13.0. The number of hydrogen-bond acceptors (Lipinski definition) is 1. The predicted octanol–water partition coefficient (Wildman–Crippen LogP) is 4.43. The van der Waals surface area contributed by atoms with Crippen molar-refractivity contribution in [2.75, 3.05) is 10.6 Å². The van der Waals surface area contributed by atoms with E-state index in [1.165, 1.54) is 18.2 Å². The van der Waals surface area contributed by atoms with Gasteiger partial charge in [-0.15, -0.1) is 0 Å². The van der Waals surface area contributed by atoms with Crippen LogP contribution in [0.2, 0.25) is 5.02 Å². The van der Waals surface area contributed by atoms with Gasteiger partial charge in [0.05, 0.1) is 0 Å². The lowest BCUT2D eigenvalue weighted by Crippen LogP contribution is -2.19. The van der Waals surface area contributed by atoms with E-state index in [1.807, 2.05) is 6.92 Å². The van der Waals surface area contributed by atoms with E-state index in [2.05, 4.69) is 10.6 Å². The van der Waals surface area contributed by atoms with Crippen molar-refractivity contribution in [3.63, 3.8) is 0 Å². The molecule has 0 atom stereocenters. The van der Waals surface area contributed by atoms with Gasteiger partial charge in [-0.3, -0.25) is 0 Å². The molecule has 0 heterocycles. The van der Waals surface area contributed by atoms with Gasteiger partial charge < -0.3 is 10.6 Å². The lowest BCUT2D eigenvalue weighted by Gasteiger charge is -2.10. The minimum atomic E-state index is -0.434. The maximum absolute atomic E-state index is 13.0. The molecule has 0 saturated carbocycles. The van der Waals surface area contributed by atoms with Crippen LogP contribution in [0.25, 0.3) is 0 Å². The molecule has 0 bridgehead atoms. The zero-order chi connectivity index (χ0) is 13.8. The van der Waals surface area contributed by atoms with E-state index in [0.717, 1.165) is 5.56 Å². The largest absolute Gasteiger partial charge is 0.323 e. The Morgan fingerprint density at radius 3 is 2.63 bits per heavy atom. The van der Waals surface area contributed by atoms with Crippen molar-refractivity contribution in [3.05, 3.63) is 58.9 Å². The summed E-state index contributed by atoms with van der Waals surface area (Å²) in [5, 5.41) is 5.83. The van der Waals surface area contributed by atoms with Gasteiger partial charge in [0.25, 0.3) is 0 Å². The van der Waals surface area contributed by atoms with Crippen LogP contribution in [0.1, 0.15) is 5.56 Å². The molecule has 2 N–H and O–H groups in total. The molecular formula is C14H12ClFN2O. The third-order valence-electron chi connectivity index (χ3n) is 2.52. The second kappa shape index (κ2) is 5.71. The summed E-state index contributed by atoms with van der Waals surface area (Å²) in [6.45, 7) is 1.84. The zero-order valence-electron chi connectivity index (χ0n) is 10.2. The van der Waals surface area contributed by atoms with Gasteiger partial charge in [0.1, 0.15) is 5.82 Å². The summed E-state index contributed by atoms with van der Waals surface area (Å²) >= 11 is 5.83. The Morgan fingerprint density at radius 1 is 1.16 bits per heavy atom. The van der Waals surface area contributed by atoms with Crippen molar-refractivity contribution in [2.45, 2.75) is 6.92 Å². The van der Waals surface area contributed by atoms with Gasteiger partial charge in [0.2, 0.25) is 0 Å². The number of aryl methyl sites for hydroxylation is 1. The minimum Gasteiger partial charge on any atom is -0.308 e. The van der Waals surface area contributed by atoms with Gasteiger partial charge in [-0.25, -0.2) is 9.18 Å². The molecule has 2 rings (SSSR count). The van der Waals surface area contributed by atoms with E-state index in [4.69, 9.17) is 11.6 Å². The number of urea groups is 1. The zero-order valence-corrected chi connectivity index (χ0v) is 11.0. The van der Waals surface area contributed by atoms with Crippen LogP contribution in [0.3, 0.4) is 0 Å². The molecule has 0 aromatic heterocycles. The van der Waals surface area contributed by atoms with Crippen LogP contribution in [0.4, 0.5) is 20.6 Å². The number of nitrogens with one attached hydrogen (secondary N) is 2. The van der Waals surface area contributed by atoms with Crippen molar-refractivity contribution < 1.29 is 9.18 Å². The van der Waals surface area contributed by atoms with Crippen LogP contribution in [-0.4, -0.2) is 6.03 Å².